The number of nitro benzene ring substituents is 1. The third kappa shape index (κ3) is 2.90. The lowest BCUT2D eigenvalue weighted by Gasteiger charge is -2.08. The number of tetrazole rings is 1. The number of aromatic nitrogens is 5. The highest BCUT2D eigenvalue weighted by Crippen LogP contribution is 2.22. The van der Waals surface area contributed by atoms with Gasteiger partial charge in [-0.25, -0.2) is 0 Å². The summed E-state index contributed by atoms with van der Waals surface area (Å²) in [7, 11) is 0. The molecule has 0 bridgehead atoms. The monoisotopic (exact) mass is 300 g/mol. The van der Waals surface area contributed by atoms with E-state index in [1.807, 2.05) is 0 Å². The highest BCUT2D eigenvalue weighted by Gasteiger charge is 2.11. The van der Waals surface area contributed by atoms with Crippen molar-refractivity contribution in [1.82, 2.24) is 25.3 Å². The second kappa shape index (κ2) is 5.99. The lowest BCUT2D eigenvalue weighted by atomic mass is 10.2. The number of rotatable bonds is 6. The van der Waals surface area contributed by atoms with Gasteiger partial charge in [-0.3, -0.25) is 10.1 Å². The number of hydrogen-bond donors (Lipinski definition) is 2. The fourth-order valence-corrected chi connectivity index (χ4v) is 1.91. The number of nitrogens with zero attached hydrogens (tertiary/aromatic N) is 6. The molecule has 0 aliphatic rings. The molecule has 0 spiro atoms. The van der Waals surface area contributed by atoms with E-state index in [1.165, 1.54) is 10.7 Å². The van der Waals surface area contributed by atoms with Crippen molar-refractivity contribution in [3.63, 3.8) is 0 Å². The third-order valence-corrected chi connectivity index (χ3v) is 2.92. The number of nitro groups is 1. The molecule has 10 nitrogen and oxygen atoms in total. The Hall–Kier alpha value is -3.30. The topological polar surface area (TPSA) is 123 Å². The zero-order chi connectivity index (χ0) is 15.4. The van der Waals surface area contributed by atoms with Crippen molar-refractivity contribution in [1.29, 1.82) is 0 Å². The van der Waals surface area contributed by atoms with Crippen LogP contribution in [0.1, 0.15) is 0 Å². The van der Waals surface area contributed by atoms with E-state index >= 15 is 0 Å². The van der Waals surface area contributed by atoms with Crippen molar-refractivity contribution in [2.45, 2.75) is 0 Å². The number of fused-ring (bicyclic) bond motifs is 1. The van der Waals surface area contributed by atoms with Gasteiger partial charge in [-0.1, -0.05) is 12.1 Å². The largest absolute Gasteiger partial charge is 0.378 e. The van der Waals surface area contributed by atoms with E-state index in [0.29, 0.717) is 30.2 Å². The molecule has 0 aliphatic carbocycles. The number of benzene rings is 1. The molecule has 2 aromatic heterocycles. The van der Waals surface area contributed by atoms with E-state index in [1.54, 1.807) is 30.3 Å². The molecule has 0 unspecified atom stereocenters. The summed E-state index contributed by atoms with van der Waals surface area (Å²) in [4.78, 5) is 10.5. The minimum absolute atomic E-state index is 0.0516. The molecule has 0 radical (unpaired) electrons. The molecule has 0 saturated carbocycles. The molecule has 0 saturated heterocycles. The van der Waals surface area contributed by atoms with Crippen LogP contribution in [0.25, 0.3) is 5.65 Å². The number of anilines is 2. The van der Waals surface area contributed by atoms with Gasteiger partial charge in [0.25, 0.3) is 5.69 Å². The van der Waals surface area contributed by atoms with Gasteiger partial charge in [0.05, 0.1) is 4.92 Å². The highest BCUT2D eigenvalue weighted by atomic mass is 16.6. The third-order valence-electron chi connectivity index (χ3n) is 2.92. The second-order valence-corrected chi connectivity index (χ2v) is 4.37. The molecule has 0 aliphatic heterocycles. The van der Waals surface area contributed by atoms with Gasteiger partial charge in [-0.05, 0) is 28.6 Å². The number of nitrogens with one attached hydrogen (secondary N) is 2. The molecule has 10 heteroatoms. The first-order chi connectivity index (χ1) is 10.7. The molecule has 22 heavy (non-hydrogen) atoms. The quantitative estimate of drug-likeness (QED) is 0.392. The Bertz CT molecular complexity index is 802. The van der Waals surface area contributed by atoms with Gasteiger partial charge in [-0.2, -0.15) is 0 Å². The minimum Gasteiger partial charge on any atom is -0.378 e. The Morgan fingerprint density at radius 2 is 1.95 bits per heavy atom. The minimum atomic E-state index is -0.414. The van der Waals surface area contributed by atoms with Crippen LogP contribution in [0.3, 0.4) is 0 Å². The normalized spacial score (nSPS) is 10.5. The van der Waals surface area contributed by atoms with E-state index < -0.39 is 4.92 Å². The fraction of sp³-hybridized carbons (Fsp3) is 0.167. The number of hydrogen-bond acceptors (Lipinski definition) is 8. The highest BCUT2D eigenvalue weighted by molar-refractivity contribution is 5.61. The van der Waals surface area contributed by atoms with Crippen LogP contribution in [0.4, 0.5) is 17.2 Å². The zero-order valence-electron chi connectivity index (χ0n) is 11.4. The van der Waals surface area contributed by atoms with Crippen LogP contribution < -0.4 is 10.6 Å². The molecule has 112 valence electrons. The Labute approximate surface area is 124 Å². The zero-order valence-corrected chi connectivity index (χ0v) is 11.4. The van der Waals surface area contributed by atoms with Gasteiger partial charge >= 0.3 is 0 Å². The van der Waals surface area contributed by atoms with Crippen molar-refractivity contribution < 1.29 is 4.92 Å². The average Bonchev–Trinajstić information content (AvgIpc) is 2.99. The number of para-hydroxylation sites is 2. The van der Waals surface area contributed by atoms with Crippen molar-refractivity contribution in [2.75, 3.05) is 23.7 Å². The van der Waals surface area contributed by atoms with E-state index in [2.05, 4.69) is 31.3 Å². The maximum Gasteiger partial charge on any atom is 0.292 e. The lowest BCUT2D eigenvalue weighted by molar-refractivity contribution is -0.384. The predicted molar refractivity (Wildman–Crippen MR) is 78.7 cm³/mol. The van der Waals surface area contributed by atoms with Gasteiger partial charge in [-0.15, -0.1) is 14.8 Å². The summed E-state index contributed by atoms with van der Waals surface area (Å²) in [6, 6.07) is 10.0. The van der Waals surface area contributed by atoms with E-state index in [0.717, 1.165) is 0 Å². The fourth-order valence-electron chi connectivity index (χ4n) is 1.91. The first-order valence-electron chi connectivity index (χ1n) is 6.50. The van der Waals surface area contributed by atoms with Crippen LogP contribution in [0.15, 0.2) is 36.4 Å². The van der Waals surface area contributed by atoms with E-state index in [-0.39, 0.29) is 5.69 Å². The molecule has 3 rings (SSSR count). The van der Waals surface area contributed by atoms with Crippen LogP contribution in [0.2, 0.25) is 0 Å². The summed E-state index contributed by atoms with van der Waals surface area (Å²) in [5.74, 6) is 0.615. The van der Waals surface area contributed by atoms with Crippen molar-refractivity contribution in [3.05, 3.63) is 46.5 Å². The first-order valence-corrected chi connectivity index (χ1v) is 6.50. The van der Waals surface area contributed by atoms with Crippen LogP contribution in [0, 0.1) is 10.1 Å². The smallest absolute Gasteiger partial charge is 0.292 e. The molecular formula is C12H12N8O2. The van der Waals surface area contributed by atoms with Crippen LogP contribution >= 0.6 is 0 Å². The van der Waals surface area contributed by atoms with Gasteiger partial charge in [0.15, 0.2) is 5.65 Å². The van der Waals surface area contributed by atoms with E-state index in [4.69, 9.17) is 0 Å². The molecule has 3 aromatic rings. The average molecular weight is 300 g/mol. The summed E-state index contributed by atoms with van der Waals surface area (Å²) < 4.78 is 1.32. The van der Waals surface area contributed by atoms with Crippen LogP contribution in [0.5, 0.6) is 0 Å². The first kappa shape index (κ1) is 13.7. The summed E-state index contributed by atoms with van der Waals surface area (Å²) in [6.07, 6.45) is 0. The molecule has 1 aromatic carbocycles. The van der Waals surface area contributed by atoms with Gasteiger partial charge < -0.3 is 10.6 Å². The Morgan fingerprint density at radius 3 is 2.82 bits per heavy atom. The lowest BCUT2D eigenvalue weighted by Crippen LogP contribution is -2.15. The second-order valence-electron chi connectivity index (χ2n) is 4.37. The van der Waals surface area contributed by atoms with Gasteiger partial charge in [0, 0.05) is 19.2 Å². The van der Waals surface area contributed by atoms with Crippen molar-refractivity contribution in [2.24, 2.45) is 0 Å². The Kier molecular flexibility index (Phi) is 3.72. The molecule has 0 atom stereocenters. The predicted octanol–water partition coefficient (Wildman–Crippen LogP) is 0.951. The van der Waals surface area contributed by atoms with Gasteiger partial charge in [0.1, 0.15) is 11.5 Å². The summed E-state index contributed by atoms with van der Waals surface area (Å²) in [5, 5.41) is 32.1. The summed E-state index contributed by atoms with van der Waals surface area (Å²) in [6.45, 7) is 1.03. The molecular weight excluding hydrogens is 288 g/mol. The van der Waals surface area contributed by atoms with Crippen LogP contribution in [-0.2, 0) is 0 Å². The van der Waals surface area contributed by atoms with Crippen molar-refractivity contribution in [3.8, 4) is 0 Å². The maximum atomic E-state index is 10.9. The Morgan fingerprint density at radius 1 is 1.14 bits per heavy atom. The molecule has 0 fully saturated rings. The SMILES string of the molecule is O=[N+]([O-])c1ccccc1NCCNc1ccc2nnnn2n1. The Balaban J connectivity index is 1.56. The molecule has 2 N–H and O–H groups in total. The summed E-state index contributed by atoms with van der Waals surface area (Å²) >= 11 is 0. The van der Waals surface area contributed by atoms with Gasteiger partial charge in [0.2, 0.25) is 0 Å². The maximum absolute atomic E-state index is 10.9. The molecule has 2 heterocycles. The van der Waals surface area contributed by atoms with Crippen LogP contribution in [-0.4, -0.2) is 43.3 Å². The van der Waals surface area contributed by atoms with E-state index in [9.17, 15) is 10.1 Å². The summed E-state index contributed by atoms with van der Waals surface area (Å²) in [5.41, 5.74) is 1.09. The standard InChI is InChI=1S/C12H12N8O2/c21-20(22)10-4-2-1-3-9(10)13-7-8-14-11-5-6-12-15-17-18-19(12)16-11/h1-6,13H,7-8H2,(H,14,16). The molecule has 0 amide bonds. The van der Waals surface area contributed by atoms with Crippen molar-refractivity contribution >= 4 is 22.8 Å².